The smallest absolute Gasteiger partial charge is 0.461 e. The molecule has 0 saturated carbocycles. The van der Waals surface area contributed by atoms with E-state index in [1.165, 1.54) is 23.4 Å². The average Bonchev–Trinajstić information content (AvgIpc) is 2.94. The van der Waals surface area contributed by atoms with E-state index < -0.39 is 35.4 Å². The van der Waals surface area contributed by atoms with E-state index in [2.05, 4.69) is 15.4 Å². The van der Waals surface area contributed by atoms with Crippen LogP contribution in [-0.2, 0) is 37.3 Å². The number of carbonyl (C=O) groups excluding carboxylic acids is 3. The molecule has 2 atom stereocenters. The van der Waals surface area contributed by atoms with Crippen LogP contribution in [-0.4, -0.2) is 72.5 Å². The number of fused-ring (bicyclic) bond motifs is 1. The number of esters is 1. The van der Waals surface area contributed by atoms with Crippen molar-refractivity contribution in [1.82, 2.24) is 25.0 Å². The van der Waals surface area contributed by atoms with Crippen LogP contribution in [0, 0.1) is 0 Å². The van der Waals surface area contributed by atoms with Gasteiger partial charge in [0.15, 0.2) is 5.82 Å². The standard InChI is InChI=1S/C15H18N6O7S/c1-6(22)27-4-7-5-29-13-10(11(24)21(13)12(7)28-15(25)26)18-9(23)3-8-17-14(16)20(2)19-8/h10,13H,3-5H2,1-2H3,(H,18,23)(H,25,26)(H2,16,17,19)/t10-,13+/m1/s1. The summed E-state index contributed by atoms with van der Waals surface area (Å²) < 4.78 is 11.0. The molecule has 1 fully saturated rings. The van der Waals surface area contributed by atoms with Crippen molar-refractivity contribution < 1.29 is 33.8 Å². The Morgan fingerprint density at radius 2 is 2.14 bits per heavy atom. The summed E-state index contributed by atoms with van der Waals surface area (Å²) in [6.45, 7) is 1.01. The van der Waals surface area contributed by atoms with Crippen molar-refractivity contribution in [2.24, 2.45) is 7.05 Å². The second kappa shape index (κ2) is 7.98. The molecule has 1 aromatic rings. The van der Waals surface area contributed by atoms with Crippen molar-refractivity contribution in [3.05, 3.63) is 17.3 Å². The van der Waals surface area contributed by atoms with Crippen LogP contribution in [0.1, 0.15) is 12.7 Å². The number of thioether (sulfide) groups is 1. The fourth-order valence-corrected chi connectivity index (χ4v) is 4.10. The minimum atomic E-state index is -1.61. The largest absolute Gasteiger partial charge is 0.512 e. The highest BCUT2D eigenvalue weighted by Gasteiger charge is 2.54. The summed E-state index contributed by atoms with van der Waals surface area (Å²) in [4.78, 5) is 51.9. The Bertz CT molecular complexity index is 893. The Labute approximate surface area is 168 Å². The van der Waals surface area contributed by atoms with E-state index in [0.717, 1.165) is 4.90 Å². The van der Waals surface area contributed by atoms with Gasteiger partial charge in [-0.1, -0.05) is 0 Å². The molecule has 156 valence electrons. The molecule has 2 aliphatic heterocycles. The molecule has 0 aromatic carbocycles. The predicted octanol–water partition coefficient (Wildman–Crippen LogP) is -1.19. The Morgan fingerprint density at radius 1 is 1.41 bits per heavy atom. The molecule has 4 N–H and O–H groups in total. The van der Waals surface area contributed by atoms with Crippen LogP contribution in [0.2, 0.25) is 0 Å². The normalized spacial score (nSPS) is 20.6. The van der Waals surface area contributed by atoms with Gasteiger partial charge in [0.25, 0.3) is 5.91 Å². The van der Waals surface area contributed by atoms with Crippen LogP contribution in [0.3, 0.4) is 0 Å². The molecule has 0 unspecified atom stereocenters. The van der Waals surface area contributed by atoms with Crippen LogP contribution < -0.4 is 11.1 Å². The summed E-state index contributed by atoms with van der Waals surface area (Å²) in [7, 11) is 1.58. The molecule has 2 aliphatic rings. The maximum absolute atomic E-state index is 12.5. The topological polar surface area (TPSA) is 179 Å². The Morgan fingerprint density at radius 3 is 2.72 bits per heavy atom. The van der Waals surface area contributed by atoms with Gasteiger partial charge < -0.3 is 25.6 Å². The fraction of sp³-hybridized carbons (Fsp3) is 0.467. The van der Waals surface area contributed by atoms with Crippen LogP contribution in [0.15, 0.2) is 11.5 Å². The lowest BCUT2D eigenvalue weighted by Crippen LogP contribution is -2.70. The maximum Gasteiger partial charge on any atom is 0.512 e. The van der Waals surface area contributed by atoms with Gasteiger partial charge in [-0.05, 0) is 0 Å². The third-order valence-corrected chi connectivity index (χ3v) is 5.44. The van der Waals surface area contributed by atoms with E-state index in [-0.39, 0.29) is 36.4 Å². The SMILES string of the molecule is CC(=O)OCC1=C(OC(=O)O)N2C(=O)[C@@H](NC(=O)Cc3nc(N)n(C)n3)[C@@H]2SC1. The first-order chi connectivity index (χ1) is 13.7. The molecule has 0 spiro atoms. The minimum absolute atomic E-state index is 0.155. The van der Waals surface area contributed by atoms with Crippen LogP contribution in [0.25, 0.3) is 0 Å². The van der Waals surface area contributed by atoms with Gasteiger partial charge >= 0.3 is 12.1 Å². The molecule has 0 bridgehead atoms. The molecule has 1 aromatic heterocycles. The summed E-state index contributed by atoms with van der Waals surface area (Å²) in [5.41, 5.74) is 5.91. The summed E-state index contributed by atoms with van der Waals surface area (Å²) in [5.74, 6) is -1.15. The van der Waals surface area contributed by atoms with Crippen molar-refractivity contribution in [3.8, 4) is 0 Å². The lowest BCUT2D eigenvalue weighted by atomic mass is 10.1. The second-order valence-electron chi connectivity index (χ2n) is 6.20. The van der Waals surface area contributed by atoms with Gasteiger partial charge in [0.1, 0.15) is 18.0 Å². The highest BCUT2D eigenvalue weighted by molar-refractivity contribution is 8.00. The lowest BCUT2D eigenvalue weighted by molar-refractivity contribution is -0.149. The monoisotopic (exact) mass is 426 g/mol. The zero-order valence-corrected chi connectivity index (χ0v) is 16.3. The van der Waals surface area contributed by atoms with Crippen molar-refractivity contribution >= 4 is 41.6 Å². The fourth-order valence-electron chi connectivity index (χ4n) is 2.79. The van der Waals surface area contributed by atoms with Crippen LogP contribution in [0.4, 0.5) is 10.7 Å². The number of carbonyl (C=O) groups is 4. The lowest BCUT2D eigenvalue weighted by Gasteiger charge is -2.49. The highest BCUT2D eigenvalue weighted by Crippen LogP contribution is 2.40. The highest BCUT2D eigenvalue weighted by atomic mass is 32.2. The molecule has 0 radical (unpaired) electrons. The van der Waals surface area contributed by atoms with E-state index in [1.54, 1.807) is 7.05 Å². The number of β-lactam (4-membered cyclic amide) rings is 1. The van der Waals surface area contributed by atoms with Crippen molar-refractivity contribution in [2.75, 3.05) is 18.1 Å². The Kier molecular flexibility index (Phi) is 5.63. The first-order valence-corrected chi connectivity index (χ1v) is 9.37. The number of anilines is 1. The van der Waals surface area contributed by atoms with E-state index in [9.17, 15) is 19.2 Å². The first kappa shape index (κ1) is 20.4. The number of carboxylic acid groups (broad SMARTS) is 1. The van der Waals surface area contributed by atoms with E-state index in [1.807, 2.05) is 0 Å². The number of rotatable bonds is 6. The number of nitrogen functional groups attached to an aromatic ring is 1. The third-order valence-electron chi connectivity index (χ3n) is 4.10. The van der Waals surface area contributed by atoms with Crippen molar-refractivity contribution in [3.63, 3.8) is 0 Å². The van der Waals surface area contributed by atoms with Gasteiger partial charge in [-0.3, -0.25) is 19.3 Å². The van der Waals surface area contributed by atoms with E-state index in [4.69, 9.17) is 20.3 Å². The van der Waals surface area contributed by atoms with Gasteiger partial charge in [-0.25, -0.2) is 9.48 Å². The zero-order valence-electron chi connectivity index (χ0n) is 15.4. The molecule has 1 saturated heterocycles. The third kappa shape index (κ3) is 4.26. The molecular weight excluding hydrogens is 408 g/mol. The molecule has 2 amide bonds. The summed E-state index contributed by atoms with van der Waals surface area (Å²) >= 11 is 1.28. The maximum atomic E-state index is 12.5. The molecule has 29 heavy (non-hydrogen) atoms. The molecular formula is C15H18N6O7S. The molecule has 0 aliphatic carbocycles. The summed E-state index contributed by atoms with van der Waals surface area (Å²) in [6.07, 6.45) is -1.77. The number of aryl methyl sites for hydroxylation is 1. The number of nitrogens with zero attached hydrogens (tertiary/aromatic N) is 4. The number of aromatic nitrogens is 3. The van der Waals surface area contributed by atoms with Crippen molar-refractivity contribution in [2.45, 2.75) is 24.8 Å². The van der Waals surface area contributed by atoms with Crippen LogP contribution in [0.5, 0.6) is 0 Å². The number of nitrogens with one attached hydrogen (secondary N) is 1. The van der Waals surface area contributed by atoms with Crippen LogP contribution >= 0.6 is 11.8 Å². The van der Waals surface area contributed by atoms with E-state index in [0.29, 0.717) is 5.57 Å². The quantitative estimate of drug-likeness (QED) is 0.368. The number of hydrogen-bond donors (Lipinski definition) is 3. The Balaban J connectivity index is 1.68. The molecule has 3 rings (SSSR count). The summed E-state index contributed by atoms with van der Waals surface area (Å²) in [5, 5.41) is 15.0. The van der Waals surface area contributed by atoms with Gasteiger partial charge in [0.05, 0.1) is 6.42 Å². The number of nitrogens with two attached hydrogens (primary N) is 1. The summed E-state index contributed by atoms with van der Waals surface area (Å²) in [6, 6.07) is -0.865. The zero-order chi connectivity index (χ0) is 21.3. The number of ether oxygens (including phenoxy) is 2. The van der Waals surface area contributed by atoms with Gasteiger partial charge in [0.2, 0.25) is 17.7 Å². The minimum Gasteiger partial charge on any atom is -0.461 e. The molecule has 13 nitrogen and oxygen atoms in total. The van der Waals surface area contributed by atoms with Gasteiger partial charge in [-0.2, -0.15) is 10.1 Å². The Hall–Kier alpha value is -3.29. The van der Waals surface area contributed by atoms with Crippen molar-refractivity contribution in [1.29, 1.82) is 0 Å². The molecule has 14 heteroatoms. The molecule has 3 heterocycles. The number of amides is 2. The first-order valence-electron chi connectivity index (χ1n) is 8.33. The van der Waals surface area contributed by atoms with Gasteiger partial charge in [-0.15, -0.1) is 11.8 Å². The predicted molar refractivity (Wildman–Crippen MR) is 96.9 cm³/mol. The van der Waals surface area contributed by atoms with E-state index >= 15 is 0 Å². The second-order valence-corrected chi connectivity index (χ2v) is 7.30. The number of hydrogen-bond acceptors (Lipinski definition) is 10. The average molecular weight is 426 g/mol. The van der Waals surface area contributed by atoms with Gasteiger partial charge in [0, 0.05) is 25.3 Å².